The fourth-order valence-electron chi connectivity index (χ4n) is 2.70. The van der Waals surface area contributed by atoms with Crippen LogP contribution >= 0.6 is 0 Å². The van der Waals surface area contributed by atoms with Crippen LogP contribution in [-0.2, 0) is 0 Å². The maximum absolute atomic E-state index is 12.3. The van der Waals surface area contributed by atoms with Gasteiger partial charge in [-0.1, -0.05) is 19.1 Å². The Morgan fingerprint density at radius 2 is 2.20 bits per heavy atom. The Balaban J connectivity index is 1.72. The van der Waals surface area contributed by atoms with E-state index in [-0.39, 0.29) is 12.0 Å². The topological polar surface area (TPSA) is 58.6 Å². The van der Waals surface area contributed by atoms with E-state index in [0.29, 0.717) is 29.7 Å². The van der Waals surface area contributed by atoms with Gasteiger partial charge in [-0.25, -0.2) is 0 Å². The number of fused-ring (bicyclic) bond motifs is 1. The molecule has 2 N–H and O–H groups in total. The summed E-state index contributed by atoms with van der Waals surface area (Å²) in [5.41, 5.74) is 1.66. The number of aliphatic hydroxyl groups is 1. The lowest BCUT2D eigenvalue weighted by Gasteiger charge is -2.12. The normalized spacial score (nSPS) is 25.8. The van der Waals surface area contributed by atoms with Gasteiger partial charge < -0.3 is 15.2 Å². The number of benzene rings is 1. The number of rotatable bonds is 4. The Morgan fingerprint density at radius 1 is 1.45 bits per heavy atom. The van der Waals surface area contributed by atoms with Crippen molar-refractivity contribution in [1.82, 2.24) is 5.32 Å². The first-order chi connectivity index (χ1) is 9.58. The van der Waals surface area contributed by atoms with Gasteiger partial charge in [0.05, 0.1) is 11.7 Å². The van der Waals surface area contributed by atoms with E-state index in [1.165, 1.54) is 0 Å². The van der Waals surface area contributed by atoms with Crippen molar-refractivity contribution in [2.45, 2.75) is 44.8 Å². The predicted octanol–water partition coefficient (Wildman–Crippen LogP) is 2.07. The van der Waals surface area contributed by atoms with Gasteiger partial charge >= 0.3 is 0 Å². The van der Waals surface area contributed by atoms with Crippen molar-refractivity contribution in [1.29, 1.82) is 0 Å². The summed E-state index contributed by atoms with van der Waals surface area (Å²) in [6, 6.07) is 5.69. The molecule has 3 rings (SSSR count). The molecule has 1 aromatic rings. The summed E-state index contributed by atoms with van der Waals surface area (Å²) in [5.74, 6) is 1.21. The summed E-state index contributed by atoms with van der Waals surface area (Å²) in [5, 5.41) is 12.6. The molecular formula is C16H21NO3. The van der Waals surface area contributed by atoms with Gasteiger partial charge in [0.25, 0.3) is 5.91 Å². The van der Waals surface area contributed by atoms with E-state index in [0.717, 1.165) is 18.4 Å². The van der Waals surface area contributed by atoms with E-state index in [1.54, 1.807) is 6.07 Å². The van der Waals surface area contributed by atoms with Crippen LogP contribution in [0.3, 0.4) is 0 Å². The molecule has 1 fully saturated rings. The molecule has 4 nitrogen and oxygen atoms in total. The molecule has 0 aromatic heterocycles. The number of ether oxygens (including phenoxy) is 1. The minimum atomic E-state index is -0.422. The number of para-hydroxylation sites is 1. The highest BCUT2D eigenvalue weighted by Crippen LogP contribution is 2.40. The first kappa shape index (κ1) is 13.4. The van der Waals surface area contributed by atoms with Crippen LogP contribution in [0.4, 0.5) is 0 Å². The first-order valence-electron chi connectivity index (χ1n) is 7.33. The van der Waals surface area contributed by atoms with Crippen molar-refractivity contribution in [3.8, 4) is 5.75 Å². The van der Waals surface area contributed by atoms with Crippen LogP contribution in [0, 0.1) is 5.92 Å². The Bertz CT molecular complexity index is 524. The molecule has 20 heavy (non-hydrogen) atoms. The zero-order chi connectivity index (χ0) is 14.3. The highest BCUT2D eigenvalue weighted by atomic mass is 16.5. The lowest BCUT2D eigenvalue weighted by atomic mass is 9.97. The second-order valence-corrected chi connectivity index (χ2v) is 5.95. The Kier molecular flexibility index (Phi) is 3.42. The number of nitrogens with one attached hydrogen (secondary N) is 1. The smallest absolute Gasteiger partial charge is 0.255 e. The lowest BCUT2D eigenvalue weighted by molar-refractivity contribution is 0.0896. The first-order valence-corrected chi connectivity index (χ1v) is 7.33. The van der Waals surface area contributed by atoms with E-state index in [1.807, 2.05) is 19.1 Å². The van der Waals surface area contributed by atoms with Crippen LogP contribution in [0.25, 0.3) is 0 Å². The van der Waals surface area contributed by atoms with Gasteiger partial charge in [-0.2, -0.15) is 0 Å². The molecule has 1 aliphatic carbocycles. The van der Waals surface area contributed by atoms with Gasteiger partial charge in [0.1, 0.15) is 11.9 Å². The van der Waals surface area contributed by atoms with Crippen molar-refractivity contribution in [3.63, 3.8) is 0 Å². The van der Waals surface area contributed by atoms with Crippen LogP contribution in [0.5, 0.6) is 5.75 Å². The molecule has 1 saturated carbocycles. The third kappa shape index (κ3) is 2.40. The Morgan fingerprint density at radius 3 is 2.90 bits per heavy atom. The molecule has 0 bridgehead atoms. The monoisotopic (exact) mass is 275 g/mol. The van der Waals surface area contributed by atoms with Crippen LogP contribution in [0.15, 0.2) is 18.2 Å². The number of amides is 1. The SMILES string of the molecule is CC1Oc2c(C(=O)NCC(O)C3CC3)cccc2C1C. The highest BCUT2D eigenvalue weighted by Gasteiger charge is 2.32. The fraction of sp³-hybridized carbons (Fsp3) is 0.562. The minimum absolute atomic E-state index is 0.0935. The van der Waals surface area contributed by atoms with Gasteiger partial charge in [0.2, 0.25) is 0 Å². The second kappa shape index (κ2) is 5.09. The predicted molar refractivity (Wildman–Crippen MR) is 76.0 cm³/mol. The summed E-state index contributed by atoms with van der Waals surface area (Å²) in [4.78, 5) is 12.3. The maximum Gasteiger partial charge on any atom is 0.255 e. The van der Waals surface area contributed by atoms with Gasteiger partial charge in [-0.15, -0.1) is 0 Å². The summed E-state index contributed by atoms with van der Waals surface area (Å²) in [6.07, 6.45) is 1.80. The zero-order valence-electron chi connectivity index (χ0n) is 11.9. The van der Waals surface area contributed by atoms with Crippen molar-refractivity contribution in [3.05, 3.63) is 29.3 Å². The summed E-state index contributed by atoms with van der Waals surface area (Å²) in [6.45, 7) is 4.44. The molecule has 1 amide bonds. The van der Waals surface area contributed by atoms with Crippen LogP contribution < -0.4 is 10.1 Å². The maximum atomic E-state index is 12.3. The average Bonchev–Trinajstić information content (AvgIpc) is 3.24. The highest BCUT2D eigenvalue weighted by molar-refractivity contribution is 5.97. The second-order valence-electron chi connectivity index (χ2n) is 5.95. The summed E-state index contributed by atoms with van der Waals surface area (Å²) < 4.78 is 5.81. The van der Waals surface area contributed by atoms with Gasteiger partial charge in [-0.3, -0.25) is 4.79 Å². The largest absolute Gasteiger partial charge is 0.489 e. The number of hydrogen-bond donors (Lipinski definition) is 2. The van der Waals surface area contributed by atoms with Crippen LogP contribution in [0.2, 0.25) is 0 Å². The van der Waals surface area contributed by atoms with Crippen molar-refractivity contribution >= 4 is 5.91 Å². The van der Waals surface area contributed by atoms with Crippen molar-refractivity contribution in [2.75, 3.05) is 6.54 Å². The molecule has 0 saturated heterocycles. The molecule has 3 unspecified atom stereocenters. The molecule has 1 aliphatic heterocycles. The number of carbonyl (C=O) groups excluding carboxylic acids is 1. The standard InChI is InChI=1S/C16H21NO3/c1-9-10(2)20-15-12(9)4-3-5-13(15)16(19)17-8-14(18)11-6-7-11/h3-5,9-11,14,18H,6-8H2,1-2H3,(H,17,19). The molecule has 2 aliphatic rings. The third-order valence-corrected chi connectivity index (χ3v) is 4.43. The average molecular weight is 275 g/mol. The van der Waals surface area contributed by atoms with E-state index in [2.05, 4.69) is 12.2 Å². The molecule has 108 valence electrons. The third-order valence-electron chi connectivity index (χ3n) is 4.43. The van der Waals surface area contributed by atoms with Crippen molar-refractivity contribution < 1.29 is 14.6 Å². The van der Waals surface area contributed by atoms with E-state index < -0.39 is 6.10 Å². The van der Waals surface area contributed by atoms with Gasteiger partial charge in [0, 0.05) is 18.0 Å². The lowest BCUT2D eigenvalue weighted by Crippen LogP contribution is -2.33. The van der Waals surface area contributed by atoms with Crippen LogP contribution in [-0.4, -0.2) is 29.8 Å². The van der Waals surface area contributed by atoms with Crippen LogP contribution in [0.1, 0.15) is 48.5 Å². The van der Waals surface area contributed by atoms with Gasteiger partial charge in [-0.05, 0) is 31.7 Å². The number of aliphatic hydroxyl groups excluding tert-OH is 1. The number of carbonyl (C=O) groups is 1. The Labute approximate surface area is 119 Å². The molecule has 4 heteroatoms. The summed E-state index contributed by atoms with van der Waals surface area (Å²) >= 11 is 0. The molecule has 3 atom stereocenters. The molecular weight excluding hydrogens is 254 g/mol. The van der Waals surface area contributed by atoms with E-state index >= 15 is 0 Å². The van der Waals surface area contributed by atoms with E-state index in [4.69, 9.17) is 4.74 Å². The molecule has 0 spiro atoms. The molecule has 1 aromatic carbocycles. The van der Waals surface area contributed by atoms with Crippen molar-refractivity contribution in [2.24, 2.45) is 5.92 Å². The number of hydrogen-bond acceptors (Lipinski definition) is 3. The zero-order valence-corrected chi connectivity index (χ0v) is 11.9. The quantitative estimate of drug-likeness (QED) is 0.884. The fourth-order valence-corrected chi connectivity index (χ4v) is 2.70. The molecule has 0 radical (unpaired) electrons. The van der Waals surface area contributed by atoms with E-state index in [9.17, 15) is 9.90 Å². The molecule has 1 heterocycles. The minimum Gasteiger partial charge on any atom is -0.489 e. The summed E-state index contributed by atoms with van der Waals surface area (Å²) in [7, 11) is 0. The van der Waals surface area contributed by atoms with Gasteiger partial charge in [0.15, 0.2) is 0 Å². The Hall–Kier alpha value is -1.55.